The molecule has 2 aromatic carbocycles. The van der Waals surface area contributed by atoms with Crippen LogP contribution in [0.1, 0.15) is 55.2 Å². The highest BCUT2D eigenvalue weighted by Gasteiger charge is 2.47. The summed E-state index contributed by atoms with van der Waals surface area (Å²) in [7, 11) is 1.00. The van der Waals surface area contributed by atoms with Crippen molar-refractivity contribution >= 4 is 6.29 Å². The van der Waals surface area contributed by atoms with E-state index in [9.17, 15) is 9.90 Å². The molecule has 0 saturated heterocycles. The van der Waals surface area contributed by atoms with E-state index in [0.717, 1.165) is 44.8 Å². The van der Waals surface area contributed by atoms with Crippen LogP contribution in [0.3, 0.4) is 0 Å². The van der Waals surface area contributed by atoms with Crippen LogP contribution in [0, 0.1) is 17.3 Å². The van der Waals surface area contributed by atoms with Crippen molar-refractivity contribution in [2.75, 3.05) is 13.7 Å². The molecule has 4 heteroatoms. The van der Waals surface area contributed by atoms with Gasteiger partial charge in [-0.2, -0.15) is 0 Å². The van der Waals surface area contributed by atoms with E-state index in [0.29, 0.717) is 24.9 Å². The summed E-state index contributed by atoms with van der Waals surface area (Å²) in [5.41, 5.74) is 3.87. The second kappa shape index (κ2) is 10.2. The van der Waals surface area contributed by atoms with E-state index >= 15 is 0 Å². The van der Waals surface area contributed by atoms with Crippen LogP contribution in [0.2, 0.25) is 0 Å². The average Bonchev–Trinajstić information content (AvgIpc) is 2.81. The number of aldehydes is 1. The van der Waals surface area contributed by atoms with Gasteiger partial charge in [-0.05, 0) is 77.7 Å². The van der Waals surface area contributed by atoms with Crippen molar-refractivity contribution in [1.82, 2.24) is 0 Å². The number of rotatable bonds is 6. The first kappa shape index (κ1) is 22.5. The molecular weight excluding hydrogens is 376 g/mol. The van der Waals surface area contributed by atoms with Gasteiger partial charge in [-0.3, -0.25) is 0 Å². The topological polar surface area (TPSA) is 66.8 Å². The highest BCUT2D eigenvalue weighted by Crippen LogP contribution is 2.55. The van der Waals surface area contributed by atoms with Crippen LogP contribution >= 0.6 is 0 Å². The van der Waals surface area contributed by atoms with Crippen LogP contribution in [-0.4, -0.2) is 30.2 Å². The van der Waals surface area contributed by atoms with Gasteiger partial charge in [0, 0.05) is 20.1 Å². The third-order valence-corrected chi connectivity index (χ3v) is 7.18. The van der Waals surface area contributed by atoms with Crippen LogP contribution in [0.4, 0.5) is 0 Å². The summed E-state index contributed by atoms with van der Waals surface area (Å²) in [6.07, 6.45) is 5.80. The van der Waals surface area contributed by atoms with E-state index in [4.69, 9.17) is 9.84 Å². The molecule has 2 aromatic rings. The first-order valence-electron chi connectivity index (χ1n) is 10.9. The SMILES string of the molecule is CO.C[C@]1(CO)CCC2c3ccc(OCc4ccccc4)cc3CCC2C1CC=O. The molecule has 2 aliphatic carbocycles. The van der Waals surface area contributed by atoms with E-state index in [2.05, 4.69) is 37.3 Å². The number of aryl methyl sites for hydroxylation is 1. The molecule has 3 unspecified atom stereocenters. The zero-order valence-electron chi connectivity index (χ0n) is 18.1. The molecule has 1 fully saturated rings. The fourth-order valence-electron chi connectivity index (χ4n) is 5.54. The molecule has 0 spiro atoms. The number of benzene rings is 2. The minimum atomic E-state index is -0.127. The zero-order chi connectivity index (χ0) is 21.6. The predicted molar refractivity (Wildman–Crippen MR) is 119 cm³/mol. The first-order chi connectivity index (χ1) is 14.6. The number of hydrogen-bond acceptors (Lipinski definition) is 4. The molecule has 0 bridgehead atoms. The van der Waals surface area contributed by atoms with Crippen LogP contribution in [0.25, 0.3) is 0 Å². The Labute approximate surface area is 179 Å². The lowest BCUT2D eigenvalue weighted by Crippen LogP contribution is -2.44. The molecular formula is C26H34O4. The van der Waals surface area contributed by atoms with Gasteiger partial charge in [0.1, 0.15) is 18.6 Å². The van der Waals surface area contributed by atoms with Crippen molar-refractivity contribution in [3.63, 3.8) is 0 Å². The van der Waals surface area contributed by atoms with Gasteiger partial charge >= 0.3 is 0 Å². The molecule has 0 heterocycles. The van der Waals surface area contributed by atoms with E-state index < -0.39 is 0 Å². The number of aliphatic hydroxyl groups excluding tert-OH is 2. The predicted octanol–water partition coefficient (Wildman–Crippen LogP) is 4.52. The van der Waals surface area contributed by atoms with Gasteiger partial charge in [0.2, 0.25) is 0 Å². The van der Waals surface area contributed by atoms with Gasteiger partial charge in [-0.15, -0.1) is 0 Å². The number of aliphatic hydroxyl groups is 2. The monoisotopic (exact) mass is 410 g/mol. The van der Waals surface area contributed by atoms with Gasteiger partial charge < -0.3 is 19.7 Å². The first-order valence-corrected chi connectivity index (χ1v) is 10.9. The standard InChI is InChI=1S/C25H30O3.CH4O/c1-25(17-27)13-11-22-21-10-8-20(28-16-18-5-3-2-4-6-18)15-19(21)7-9-23(22)24(25)12-14-26;1-2/h2-6,8,10,14-15,22-24,27H,7,9,11-13,16-17H2,1H3;2H,1H3/t22?,23?,24?,25-;/m1./s1. The fraction of sp³-hybridized carbons (Fsp3) is 0.500. The van der Waals surface area contributed by atoms with Gasteiger partial charge in [-0.25, -0.2) is 0 Å². The molecule has 0 aliphatic heterocycles. The van der Waals surface area contributed by atoms with Crippen LogP contribution in [0.15, 0.2) is 48.5 Å². The Morgan fingerprint density at radius 3 is 2.60 bits per heavy atom. The number of fused-ring (bicyclic) bond motifs is 3. The Morgan fingerprint density at radius 1 is 1.13 bits per heavy atom. The summed E-state index contributed by atoms with van der Waals surface area (Å²) < 4.78 is 6.02. The van der Waals surface area contributed by atoms with Gasteiger partial charge in [-0.1, -0.05) is 43.3 Å². The normalized spacial score (nSPS) is 27.1. The fourth-order valence-corrected chi connectivity index (χ4v) is 5.54. The maximum Gasteiger partial charge on any atom is 0.120 e. The van der Waals surface area contributed by atoms with Gasteiger partial charge in [0.25, 0.3) is 0 Å². The Kier molecular flexibility index (Phi) is 7.68. The van der Waals surface area contributed by atoms with Crippen molar-refractivity contribution in [2.45, 2.75) is 51.6 Å². The molecule has 4 atom stereocenters. The highest BCUT2D eigenvalue weighted by molar-refractivity contribution is 5.50. The van der Waals surface area contributed by atoms with E-state index in [1.54, 1.807) is 0 Å². The van der Waals surface area contributed by atoms with E-state index in [-0.39, 0.29) is 17.9 Å². The molecule has 0 aromatic heterocycles. The van der Waals surface area contributed by atoms with Gasteiger partial charge in [0.05, 0.1) is 0 Å². The molecule has 162 valence electrons. The lowest BCUT2D eigenvalue weighted by molar-refractivity contribution is -0.112. The highest BCUT2D eigenvalue weighted by atomic mass is 16.5. The number of ether oxygens (including phenoxy) is 1. The Balaban J connectivity index is 0.00000124. The summed E-state index contributed by atoms with van der Waals surface area (Å²) in [6.45, 7) is 2.92. The minimum absolute atomic E-state index is 0.127. The number of carbonyl (C=O) groups excluding carboxylic acids is 1. The van der Waals surface area contributed by atoms with Crippen LogP contribution < -0.4 is 4.74 Å². The third kappa shape index (κ3) is 4.60. The maximum absolute atomic E-state index is 11.3. The molecule has 2 aliphatic rings. The Bertz CT molecular complexity index is 819. The maximum atomic E-state index is 11.3. The molecule has 30 heavy (non-hydrogen) atoms. The average molecular weight is 411 g/mol. The molecule has 0 amide bonds. The van der Waals surface area contributed by atoms with E-state index in [1.807, 2.05) is 18.2 Å². The molecule has 0 radical (unpaired) electrons. The van der Waals surface area contributed by atoms with Crippen molar-refractivity contribution in [3.8, 4) is 5.75 Å². The summed E-state index contributed by atoms with van der Waals surface area (Å²) in [4.78, 5) is 11.3. The van der Waals surface area contributed by atoms with Crippen molar-refractivity contribution in [2.24, 2.45) is 17.3 Å². The summed E-state index contributed by atoms with van der Waals surface area (Å²) in [5, 5.41) is 17.0. The zero-order valence-corrected chi connectivity index (χ0v) is 18.1. The molecule has 2 N–H and O–H groups in total. The minimum Gasteiger partial charge on any atom is -0.489 e. The van der Waals surface area contributed by atoms with Crippen molar-refractivity contribution in [1.29, 1.82) is 0 Å². The largest absolute Gasteiger partial charge is 0.489 e. The van der Waals surface area contributed by atoms with Gasteiger partial charge in [0.15, 0.2) is 0 Å². The quantitative estimate of drug-likeness (QED) is 0.687. The lowest BCUT2D eigenvalue weighted by atomic mass is 9.54. The molecule has 1 saturated carbocycles. The van der Waals surface area contributed by atoms with E-state index in [1.165, 1.54) is 16.7 Å². The Morgan fingerprint density at radius 2 is 1.90 bits per heavy atom. The summed E-state index contributed by atoms with van der Waals surface area (Å²) in [5.74, 6) is 2.19. The van der Waals surface area contributed by atoms with Crippen LogP contribution in [-0.2, 0) is 17.8 Å². The van der Waals surface area contributed by atoms with Crippen molar-refractivity contribution < 1.29 is 19.7 Å². The van der Waals surface area contributed by atoms with Crippen LogP contribution in [0.5, 0.6) is 5.75 Å². The van der Waals surface area contributed by atoms with Crippen molar-refractivity contribution in [3.05, 3.63) is 65.2 Å². The lowest BCUT2D eigenvalue weighted by Gasteiger charge is -2.51. The molecule has 4 nitrogen and oxygen atoms in total. The third-order valence-electron chi connectivity index (χ3n) is 7.18. The number of hydrogen-bond donors (Lipinski definition) is 2. The Hall–Kier alpha value is -2.17. The second-order valence-corrected chi connectivity index (χ2v) is 8.80. The summed E-state index contributed by atoms with van der Waals surface area (Å²) in [6, 6.07) is 16.8. The smallest absolute Gasteiger partial charge is 0.120 e. The summed E-state index contributed by atoms with van der Waals surface area (Å²) >= 11 is 0. The molecule has 4 rings (SSSR count). The second-order valence-electron chi connectivity index (χ2n) is 8.80. The number of carbonyl (C=O) groups is 1.